The summed E-state index contributed by atoms with van der Waals surface area (Å²) >= 11 is 0. The maximum Gasteiger partial charge on any atom is 0.227 e. The lowest BCUT2D eigenvalue weighted by molar-refractivity contribution is 0.348. The highest BCUT2D eigenvalue weighted by Gasteiger charge is 2.19. The van der Waals surface area contributed by atoms with Crippen LogP contribution in [0, 0.1) is 0 Å². The number of benzene rings is 1. The molecule has 2 aromatic heterocycles. The van der Waals surface area contributed by atoms with Crippen LogP contribution in [-0.4, -0.2) is 37.5 Å². The molecule has 7 nitrogen and oxygen atoms in total. The molecule has 7 heteroatoms. The van der Waals surface area contributed by atoms with Crippen LogP contribution in [0.25, 0.3) is 11.4 Å². The van der Waals surface area contributed by atoms with Crippen molar-refractivity contribution < 1.29 is 4.52 Å². The highest BCUT2D eigenvalue weighted by Crippen LogP contribution is 2.15. The summed E-state index contributed by atoms with van der Waals surface area (Å²) in [4.78, 5) is 8.71. The number of aromatic nitrogens is 5. The Balaban J connectivity index is 1.23. The third-order valence-electron chi connectivity index (χ3n) is 4.31. The number of nitrogens with one attached hydrogen (secondary N) is 1. The monoisotopic (exact) mass is 324 g/mol. The normalized spacial score (nSPS) is 16.9. The van der Waals surface area contributed by atoms with Crippen molar-refractivity contribution in [3.05, 3.63) is 48.4 Å². The number of rotatable bonds is 6. The molecule has 1 aliphatic heterocycles. The summed E-state index contributed by atoms with van der Waals surface area (Å²) < 4.78 is 7.33. The molecule has 24 heavy (non-hydrogen) atoms. The summed E-state index contributed by atoms with van der Waals surface area (Å²) in [5.74, 6) is 2.44. The molecule has 0 aliphatic carbocycles. The van der Waals surface area contributed by atoms with Crippen molar-refractivity contribution in [3.63, 3.8) is 0 Å². The first-order valence-electron chi connectivity index (χ1n) is 8.36. The Labute approximate surface area is 140 Å². The second-order valence-electron chi connectivity index (χ2n) is 6.03. The molecule has 0 bridgehead atoms. The van der Waals surface area contributed by atoms with E-state index in [4.69, 9.17) is 4.52 Å². The molecule has 3 aromatic rings. The average molecular weight is 324 g/mol. The predicted molar refractivity (Wildman–Crippen MR) is 88.2 cm³/mol. The van der Waals surface area contributed by atoms with E-state index in [2.05, 4.69) is 25.5 Å². The molecular formula is C17H20N6O. The van der Waals surface area contributed by atoms with Gasteiger partial charge in [0.15, 0.2) is 0 Å². The fourth-order valence-electron chi connectivity index (χ4n) is 3.01. The topological polar surface area (TPSA) is 81.7 Å². The highest BCUT2D eigenvalue weighted by atomic mass is 16.5. The highest BCUT2D eigenvalue weighted by molar-refractivity contribution is 5.53. The van der Waals surface area contributed by atoms with E-state index in [0.717, 1.165) is 50.2 Å². The van der Waals surface area contributed by atoms with Gasteiger partial charge in [-0.2, -0.15) is 10.1 Å². The van der Waals surface area contributed by atoms with Crippen molar-refractivity contribution in [2.75, 3.05) is 6.54 Å². The van der Waals surface area contributed by atoms with Crippen molar-refractivity contribution in [2.24, 2.45) is 0 Å². The maximum absolute atomic E-state index is 5.34. The van der Waals surface area contributed by atoms with E-state index in [0.29, 0.717) is 17.8 Å². The lowest BCUT2D eigenvalue weighted by atomic mass is 10.1. The van der Waals surface area contributed by atoms with Crippen LogP contribution in [0.1, 0.15) is 24.6 Å². The van der Waals surface area contributed by atoms with Crippen molar-refractivity contribution in [2.45, 2.75) is 38.3 Å². The van der Waals surface area contributed by atoms with Crippen molar-refractivity contribution in [3.8, 4) is 11.4 Å². The van der Waals surface area contributed by atoms with Gasteiger partial charge in [0.2, 0.25) is 11.7 Å². The Morgan fingerprint density at radius 3 is 3.08 bits per heavy atom. The van der Waals surface area contributed by atoms with Gasteiger partial charge in [-0.15, -0.1) is 0 Å². The van der Waals surface area contributed by atoms with E-state index in [1.54, 1.807) is 6.33 Å². The molecule has 0 saturated heterocycles. The van der Waals surface area contributed by atoms with Gasteiger partial charge in [0.1, 0.15) is 12.2 Å². The van der Waals surface area contributed by atoms with Crippen LogP contribution < -0.4 is 5.32 Å². The van der Waals surface area contributed by atoms with E-state index < -0.39 is 0 Å². The molecule has 4 rings (SSSR count). The predicted octanol–water partition coefficient (Wildman–Crippen LogP) is 1.87. The van der Waals surface area contributed by atoms with Gasteiger partial charge < -0.3 is 9.84 Å². The van der Waals surface area contributed by atoms with Crippen LogP contribution in [-0.2, 0) is 19.4 Å². The molecule has 1 aliphatic rings. The van der Waals surface area contributed by atoms with Gasteiger partial charge in [-0.05, 0) is 19.4 Å². The van der Waals surface area contributed by atoms with Crippen LogP contribution in [0.2, 0.25) is 0 Å². The van der Waals surface area contributed by atoms with Crippen molar-refractivity contribution >= 4 is 0 Å². The quantitative estimate of drug-likeness (QED) is 0.697. The zero-order valence-electron chi connectivity index (χ0n) is 13.4. The standard InChI is InChI=1S/C17H20N6O/c1-2-5-13(6-3-1)17-21-16(24-22-17)7-4-10-18-14-8-9-15-19-12-20-23(15)11-14/h1-3,5-6,12,14,18H,4,7-11H2/t14-/m0/s1. The molecule has 0 amide bonds. The zero-order valence-corrected chi connectivity index (χ0v) is 13.4. The van der Waals surface area contributed by atoms with Gasteiger partial charge in [-0.3, -0.25) is 0 Å². The first kappa shape index (κ1) is 15.0. The van der Waals surface area contributed by atoms with Crippen molar-refractivity contribution in [1.29, 1.82) is 0 Å². The van der Waals surface area contributed by atoms with Crippen LogP contribution in [0.3, 0.4) is 0 Å². The van der Waals surface area contributed by atoms with E-state index in [-0.39, 0.29) is 0 Å². The molecule has 0 spiro atoms. The molecule has 0 radical (unpaired) electrons. The van der Waals surface area contributed by atoms with Crippen LogP contribution in [0.4, 0.5) is 0 Å². The molecule has 1 atom stereocenters. The summed E-state index contributed by atoms with van der Waals surface area (Å²) in [7, 11) is 0. The second kappa shape index (κ2) is 6.92. The number of hydrogen-bond donors (Lipinski definition) is 1. The van der Waals surface area contributed by atoms with Gasteiger partial charge in [-0.1, -0.05) is 35.5 Å². The third kappa shape index (κ3) is 3.35. The smallest absolute Gasteiger partial charge is 0.227 e. The largest absolute Gasteiger partial charge is 0.339 e. The van der Waals surface area contributed by atoms with Crippen molar-refractivity contribution in [1.82, 2.24) is 30.2 Å². The number of hydrogen-bond acceptors (Lipinski definition) is 6. The SMILES string of the molecule is c1ccc(-c2noc(CCCN[C@H]3CCc4ncnn4C3)n2)cc1. The summed E-state index contributed by atoms with van der Waals surface area (Å²) in [6.45, 7) is 1.83. The lowest BCUT2D eigenvalue weighted by Crippen LogP contribution is -2.38. The Hall–Kier alpha value is -2.54. The fourth-order valence-corrected chi connectivity index (χ4v) is 3.01. The summed E-state index contributed by atoms with van der Waals surface area (Å²) in [6, 6.07) is 10.3. The molecule has 0 unspecified atom stereocenters. The Kier molecular flexibility index (Phi) is 4.33. The maximum atomic E-state index is 5.34. The van der Waals surface area contributed by atoms with E-state index >= 15 is 0 Å². The fraction of sp³-hybridized carbons (Fsp3) is 0.412. The van der Waals surface area contributed by atoms with Gasteiger partial charge in [0.05, 0.1) is 6.54 Å². The first-order chi connectivity index (χ1) is 11.9. The van der Waals surface area contributed by atoms with E-state index in [1.807, 2.05) is 35.0 Å². The molecule has 0 fully saturated rings. The molecule has 3 heterocycles. The van der Waals surface area contributed by atoms with Gasteiger partial charge in [-0.25, -0.2) is 9.67 Å². The van der Waals surface area contributed by atoms with E-state index in [9.17, 15) is 0 Å². The van der Waals surface area contributed by atoms with Gasteiger partial charge in [0, 0.05) is 24.4 Å². The number of aryl methyl sites for hydroxylation is 2. The Bertz CT molecular complexity index is 781. The number of nitrogens with zero attached hydrogens (tertiary/aromatic N) is 5. The zero-order chi connectivity index (χ0) is 16.2. The molecular weight excluding hydrogens is 304 g/mol. The van der Waals surface area contributed by atoms with Crippen LogP contribution in [0.15, 0.2) is 41.2 Å². The van der Waals surface area contributed by atoms with Crippen LogP contribution in [0.5, 0.6) is 0 Å². The Morgan fingerprint density at radius 2 is 2.17 bits per heavy atom. The van der Waals surface area contributed by atoms with Gasteiger partial charge >= 0.3 is 0 Å². The average Bonchev–Trinajstić information content (AvgIpc) is 3.28. The molecule has 1 N–H and O–H groups in total. The first-order valence-corrected chi connectivity index (χ1v) is 8.36. The van der Waals surface area contributed by atoms with Crippen LogP contribution >= 0.6 is 0 Å². The third-order valence-corrected chi connectivity index (χ3v) is 4.31. The van der Waals surface area contributed by atoms with Gasteiger partial charge in [0.25, 0.3) is 0 Å². The second-order valence-corrected chi connectivity index (χ2v) is 6.03. The minimum Gasteiger partial charge on any atom is -0.339 e. The summed E-state index contributed by atoms with van der Waals surface area (Å²) in [5, 5.41) is 11.9. The minimum absolute atomic E-state index is 0.460. The molecule has 124 valence electrons. The summed E-state index contributed by atoms with van der Waals surface area (Å²) in [5.41, 5.74) is 0.983. The Morgan fingerprint density at radius 1 is 1.25 bits per heavy atom. The minimum atomic E-state index is 0.460. The summed E-state index contributed by atoms with van der Waals surface area (Å²) in [6.07, 6.45) is 5.49. The lowest BCUT2D eigenvalue weighted by Gasteiger charge is -2.23. The molecule has 1 aromatic carbocycles. The van der Waals surface area contributed by atoms with E-state index in [1.165, 1.54) is 0 Å². The number of fused-ring (bicyclic) bond motifs is 1. The molecule has 0 saturated carbocycles.